The van der Waals surface area contributed by atoms with Crippen LogP contribution in [0.15, 0.2) is 29.6 Å². The van der Waals surface area contributed by atoms with Crippen LogP contribution in [0.3, 0.4) is 0 Å². The molecule has 3 heterocycles. The minimum Gasteiger partial charge on any atom is -0.493 e. The third-order valence-corrected chi connectivity index (χ3v) is 6.97. The minimum absolute atomic E-state index is 0. The monoisotopic (exact) mass is 452 g/mol. The molecule has 1 atom stereocenters. The van der Waals surface area contributed by atoms with Gasteiger partial charge in [0, 0.05) is 43.6 Å². The van der Waals surface area contributed by atoms with Crippen molar-refractivity contribution in [3.8, 4) is 11.5 Å². The number of hydrogen-bond donors (Lipinski definition) is 0. The zero-order chi connectivity index (χ0) is 20.1. The maximum atomic E-state index is 6.03. The molecule has 0 N–H and O–H groups in total. The molecule has 0 amide bonds. The first-order valence-corrected chi connectivity index (χ1v) is 11.6. The summed E-state index contributed by atoms with van der Waals surface area (Å²) in [6.07, 6.45) is 2.30. The highest BCUT2D eigenvalue weighted by Gasteiger charge is 2.27. The number of ether oxygens (including phenoxy) is 3. The highest BCUT2D eigenvalue weighted by molar-refractivity contribution is 7.10. The summed E-state index contributed by atoms with van der Waals surface area (Å²) in [7, 11) is 1.72. The Morgan fingerprint density at radius 3 is 2.73 bits per heavy atom. The van der Waals surface area contributed by atoms with Crippen LogP contribution in [-0.2, 0) is 17.7 Å². The molecule has 1 fully saturated rings. The van der Waals surface area contributed by atoms with E-state index in [4.69, 9.17) is 14.2 Å². The molecule has 1 unspecified atom stereocenters. The Morgan fingerprint density at radius 2 is 1.97 bits per heavy atom. The van der Waals surface area contributed by atoms with Crippen molar-refractivity contribution < 1.29 is 14.2 Å². The minimum atomic E-state index is 0. The number of fused-ring (bicyclic) bond motifs is 1. The third kappa shape index (κ3) is 5.48. The topological polar surface area (TPSA) is 34.2 Å². The second-order valence-corrected chi connectivity index (χ2v) is 8.73. The number of rotatable bonds is 8. The van der Waals surface area contributed by atoms with Crippen LogP contribution in [0.4, 0.5) is 0 Å². The van der Waals surface area contributed by atoms with Crippen LogP contribution in [-0.4, -0.2) is 62.9 Å². The van der Waals surface area contributed by atoms with Crippen LogP contribution in [0.1, 0.15) is 35.4 Å². The van der Waals surface area contributed by atoms with Crippen LogP contribution in [0, 0.1) is 0 Å². The molecule has 7 heteroatoms. The molecule has 0 radical (unpaired) electrons. The van der Waals surface area contributed by atoms with Crippen molar-refractivity contribution in [2.45, 2.75) is 32.4 Å². The lowest BCUT2D eigenvalue weighted by Crippen LogP contribution is -2.38. The van der Waals surface area contributed by atoms with Gasteiger partial charge in [-0.25, -0.2) is 0 Å². The SMILES string of the molecule is CCC1c2ccsc2CCN1Cc1ccc(OCCN2CCOCC2)c(OC)c1.Cl. The zero-order valence-electron chi connectivity index (χ0n) is 18.0. The van der Waals surface area contributed by atoms with Crippen LogP contribution in [0.2, 0.25) is 0 Å². The second kappa shape index (κ2) is 11.3. The summed E-state index contributed by atoms with van der Waals surface area (Å²) in [5, 5.41) is 2.24. The molecule has 30 heavy (non-hydrogen) atoms. The lowest BCUT2D eigenvalue weighted by molar-refractivity contribution is 0.0321. The first kappa shape index (κ1) is 23.4. The fourth-order valence-corrected chi connectivity index (χ4v) is 5.32. The van der Waals surface area contributed by atoms with Gasteiger partial charge in [-0.3, -0.25) is 9.80 Å². The molecule has 2 aromatic rings. The van der Waals surface area contributed by atoms with E-state index < -0.39 is 0 Å². The van der Waals surface area contributed by atoms with Gasteiger partial charge < -0.3 is 14.2 Å². The third-order valence-electron chi connectivity index (χ3n) is 5.97. The van der Waals surface area contributed by atoms with Crippen LogP contribution >= 0.6 is 23.7 Å². The summed E-state index contributed by atoms with van der Waals surface area (Å²) in [5.74, 6) is 1.65. The molecular weight excluding hydrogens is 420 g/mol. The predicted molar refractivity (Wildman–Crippen MR) is 124 cm³/mol. The highest BCUT2D eigenvalue weighted by Crippen LogP contribution is 2.37. The molecule has 0 aliphatic carbocycles. The molecule has 1 aromatic carbocycles. The van der Waals surface area contributed by atoms with Crippen LogP contribution in [0.5, 0.6) is 11.5 Å². The standard InChI is InChI=1S/C23H32N2O3S.ClH/c1-3-20-19-7-15-29-23(19)6-8-25(20)17-18-4-5-21(22(16-18)26-2)28-14-11-24-9-12-27-13-10-24;/h4-5,7,15-16,20H,3,6,8-14,17H2,1-2H3;1H. The fraction of sp³-hybridized carbons (Fsp3) is 0.565. The summed E-state index contributed by atoms with van der Waals surface area (Å²) in [4.78, 5) is 6.54. The molecule has 166 valence electrons. The fourth-order valence-electron chi connectivity index (χ4n) is 4.39. The second-order valence-electron chi connectivity index (χ2n) is 7.73. The lowest BCUT2D eigenvalue weighted by Gasteiger charge is -2.35. The lowest BCUT2D eigenvalue weighted by atomic mass is 9.97. The number of halogens is 1. The Kier molecular flexibility index (Phi) is 8.84. The summed E-state index contributed by atoms with van der Waals surface area (Å²) >= 11 is 1.91. The summed E-state index contributed by atoms with van der Waals surface area (Å²) < 4.78 is 17.1. The maximum Gasteiger partial charge on any atom is 0.161 e. The van der Waals surface area contributed by atoms with Gasteiger partial charge in [-0.15, -0.1) is 23.7 Å². The van der Waals surface area contributed by atoms with E-state index in [9.17, 15) is 0 Å². The van der Waals surface area contributed by atoms with Crippen molar-refractivity contribution in [3.05, 3.63) is 45.6 Å². The van der Waals surface area contributed by atoms with E-state index in [1.165, 1.54) is 11.1 Å². The number of thiophene rings is 1. The molecule has 4 rings (SSSR count). The summed E-state index contributed by atoms with van der Waals surface area (Å²) in [5.41, 5.74) is 2.80. The average molecular weight is 453 g/mol. The molecule has 2 aliphatic heterocycles. The van der Waals surface area contributed by atoms with Gasteiger partial charge in [0.05, 0.1) is 20.3 Å². The number of methoxy groups -OCH3 is 1. The van der Waals surface area contributed by atoms with Crippen LogP contribution < -0.4 is 9.47 Å². The highest BCUT2D eigenvalue weighted by atomic mass is 35.5. The van der Waals surface area contributed by atoms with Crippen molar-refractivity contribution in [2.24, 2.45) is 0 Å². The first-order valence-electron chi connectivity index (χ1n) is 10.7. The number of hydrogen-bond acceptors (Lipinski definition) is 6. The van der Waals surface area contributed by atoms with E-state index >= 15 is 0 Å². The maximum absolute atomic E-state index is 6.03. The average Bonchev–Trinajstić information content (AvgIpc) is 3.24. The Bertz CT molecular complexity index is 795. The Morgan fingerprint density at radius 1 is 1.13 bits per heavy atom. The molecule has 0 saturated carbocycles. The Balaban J connectivity index is 0.00000256. The first-order chi connectivity index (χ1) is 14.3. The zero-order valence-corrected chi connectivity index (χ0v) is 19.6. The van der Waals surface area contributed by atoms with E-state index in [1.54, 1.807) is 12.0 Å². The predicted octanol–water partition coefficient (Wildman–Crippen LogP) is 4.40. The Hall–Kier alpha value is -1.31. The molecule has 1 aromatic heterocycles. The van der Waals surface area contributed by atoms with Gasteiger partial charge in [0.2, 0.25) is 0 Å². The smallest absolute Gasteiger partial charge is 0.161 e. The van der Waals surface area contributed by atoms with Crippen molar-refractivity contribution in [2.75, 3.05) is 53.1 Å². The number of nitrogens with zero attached hydrogens (tertiary/aromatic N) is 2. The normalized spacial score (nSPS) is 19.7. The van der Waals surface area contributed by atoms with Crippen molar-refractivity contribution in [3.63, 3.8) is 0 Å². The molecule has 5 nitrogen and oxygen atoms in total. The van der Waals surface area contributed by atoms with E-state index in [0.717, 1.165) is 70.3 Å². The van der Waals surface area contributed by atoms with Crippen molar-refractivity contribution in [1.82, 2.24) is 9.80 Å². The van der Waals surface area contributed by atoms with Gasteiger partial charge in [0.25, 0.3) is 0 Å². The van der Waals surface area contributed by atoms with Gasteiger partial charge in [-0.05, 0) is 47.5 Å². The van der Waals surface area contributed by atoms with Gasteiger partial charge in [-0.2, -0.15) is 0 Å². The van der Waals surface area contributed by atoms with Gasteiger partial charge in [-0.1, -0.05) is 13.0 Å². The molecule has 0 spiro atoms. The number of benzene rings is 1. The van der Waals surface area contributed by atoms with Crippen molar-refractivity contribution >= 4 is 23.7 Å². The largest absolute Gasteiger partial charge is 0.493 e. The molecular formula is C23H33ClN2O3S. The molecule has 0 bridgehead atoms. The summed E-state index contributed by atoms with van der Waals surface area (Å²) in [6.45, 7) is 9.55. The molecule has 1 saturated heterocycles. The van der Waals surface area contributed by atoms with Gasteiger partial charge in [0.15, 0.2) is 11.5 Å². The van der Waals surface area contributed by atoms with Crippen LogP contribution in [0.25, 0.3) is 0 Å². The number of morpholine rings is 1. The quantitative estimate of drug-likeness (QED) is 0.593. The van der Waals surface area contributed by atoms with Gasteiger partial charge >= 0.3 is 0 Å². The Labute approximate surface area is 190 Å². The molecule has 2 aliphatic rings. The van der Waals surface area contributed by atoms with Crippen molar-refractivity contribution in [1.29, 1.82) is 0 Å². The van der Waals surface area contributed by atoms with E-state index in [1.807, 2.05) is 11.3 Å². The van der Waals surface area contributed by atoms with E-state index in [-0.39, 0.29) is 12.4 Å². The van der Waals surface area contributed by atoms with Gasteiger partial charge in [0.1, 0.15) is 6.61 Å². The van der Waals surface area contributed by atoms with E-state index in [0.29, 0.717) is 12.6 Å². The van der Waals surface area contributed by atoms with E-state index in [2.05, 4.69) is 46.4 Å². The summed E-state index contributed by atoms with van der Waals surface area (Å²) in [6, 6.07) is 9.21.